The molecule has 1 aromatic heterocycles. The maximum atomic E-state index is 9.49. The summed E-state index contributed by atoms with van der Waals surface area (Å²) < 4.78 is 0. The van der Waals surface area contributed by atoms with Gasteiger partial charge in [0.25, 0.3) is 0 Å². The van der Waals surface area contributed by atoms with E-state index in [1.165, 1.54) is 0 Å². The van der Waals surface area contributed by atoms with Crippen LogP contribution in [0.3, 0.4) is 0 Å². The fourth-order valence-corrected chi connectivity index (χ4v) is 2.42. The van der Waals surface area contributed by atoms with Gasteiger partial charge in [0.15, 0.2) is 0 Å². The number of benzene rings is 2. The van der Waals surface area contributed by atoms with Crippen molar-refractivity contribution in [1.29, 1.82) is 0 Å². The molecule has 0 saturated heterocycles. The van der Waals surface area contributed by atoms with Crippen molar-refractivity contribution in [2.24, 2.45) is 0 Å². The highest BCUT2D eigenvalue weighted by Gasteiger charge is 2.04. The van der Waals surface area contributed by atoms with Gasteiger partial charge in [0, 0.05) is 18.0 Å². The molecule has 22 heavy (non-hydrogen) atoms. The third-order valence-corrected chi connectivity index (χ3v) is 3.61. The smallest absolute Gasteiger partial charge is 0.125 e. The summed E-state index contributed by atoms with van der Waals surface area (Å²) in [6.45, 7) is 1.89. The van der Waals surface area contributed by atoms with Crippen LogP contribution in [-0.4, -0.2) is 21.2 Å². The molecule has 1 unspecified atom stereocenters. The number of rotatable bonds is 3. The summed E-state index contributed by atoms with van der Waals surface area (Å²) in [6.07, 6.45) is 6.78. The lowest BCUT2D eigenvalue weighted by molar-refractivity contribution is 0.233. The summed E-state index contributed by atoms with van der Waals surface area (Å²) in [5.41, 5.74) is 4.20. The number of aromatic nitrogens is 2. The van der Waals surface area contributed by atoms with Crippen LogP contribution in [0.15, 0.2) is 48.7 Å². The number of aryl methyl sites for hydroxylation is 1. The van der Waals surface area contributed by atoms with E-state index in [9.17, 15) is 5.11 Å². The van der Waals surface area contributed by atoms with E-state index in [0.717, 1.165) is 33.4 Å². The summed E-state index contributed by atoms with van der Waals surface area (Å²) >= 11 is 0. The van der Waals surface area contributed by atoms with E-state index >= 15 is 0 Å². The molecule has 1 atom stereocenters. The van der Waals surface area contributed by atoms with Crippen molar-refractivity contribution in [1.82, 2.24) is 9.97 Å². The quantitative estimate of drug-likeness (QED) is 0.753. The lowest BCUT2D eigenvalue weighted by Gasteiger charge is -2.07. The minimum atomic E-state index is -0.730. The molecule has 0 aliphatic carbocycles. The van der Waals surface area contributed by atoms with Gasteiger partial charge in [0.1, 0.15) is 11.9 Å². The van der Waals surface area contributed by atoms with Crippen LogP contribution in [0.25, 0.3) is 22.0 Å². The fraction of sp³-hybridized carbons (Fsp3) is 0.158. The summed E-state index contributed by atoms with van der Waals surface area (Å²) in [7, 11) is 0. The van der Waals surface area contributed by atoms with Crippen molar-refractivity contribution < 1.29 is 5.11 Å². The SMILES string of the molecule is C#CC(O)Cc1ccc(-c2ccc3nc(C)ncc3c2)cc1. The molecule has 0 spiro atoms. The Morgan fingerprint density at radius 1 is 1.14 bits per heavy atom. The van der Waals surface area contributed by atoms with Crippen LogP contribution in [0, 0.1) is 19.3 Å². The van der Waals surface area contributed by atoms with Crippen molar-refractivity contribution in [3.05, 3.63) is 60.0 Å². The molecular formula is C19H16N2O. The Kier molecular flexibility index (Phi) is 3.86. The third-order valence-electron chi connectivity index (χ3n) is 3.61. The Labute approximate surface area is 129 Å². The molecule has 0 amide bonds. The van der Waals surface area contributed by atoms with E-state index < -0.39 is 6.10 Å². The Balaban J connectivity index is 1.91. The molecule has 3 nitrogen and oxygen atoms in total. The maximum absolute atomic E-state index is 9.49. The van der Waals surface area contributed by atoms with Crippen LogP contribution in [-0.2, 0) is 6.42 Å². The molecule has 3 rings (SSSR count). The van der Waals surface area contributed by atoms with E-state index in [0.29, 0.717) is 6.42 Å². The first-order valence-electron chi connectivity index (χ1n) is 7.12. The van der Waals surface area contributed by atoms with Crippen LogP contribution in [0.1, 0.15) is 11.4 Å². The first kappa shape index (κ1) is 14.2. The predicted octanol–water partition coefficient (Wildman–Crippen LogP) is 3.14. The second kappa shape index (κ2) is 5.97. The van der Waals surface area contributed by atoms with Gasteiger partial charge in [0.05, 0.1) is 5.52 Å². The summed E-state index contributed by atoms with van der Waals surface area (Å²) in [4.78, 5) is 8.65. The topological polar surface area (TPSA) is 46.0 Å². The zero-order valence-electron chi connectivity index (χ0n) is 12.3. The fourth-order valence-electron chi connectivity index (χ4n) is 2.42. The summed E-state index contributed by atoms with van der Waals surface area (Å²) in [6, 6.07) is 14.2. The molecule has 1 heterocycles. The molecule has 108 valence electrons. The minimum absolute atomic E-state index is 0.474. The lowest BCUT2D eigenvalue weighted by Crippen LogP contribution is -2.06. The van der Waals surface area contributed by atoms with Gasteiger partial charge in [0.2, 0.25) is 0 Å². The molecule has 0 fully saturated rings. The van der Waals surface area contributed by atoms with E-state index in [2.05, 4.69) is 28.0 Å². The number of hydrogen-bond donors (Lipinski definition) is 1. The van der Waals surface area contributed by atoms with Crippen LogP contribution in [0.4, 0.5) is 0 Å². The first-order valence-corrected chi connectivity index (χ1v) is 7.12. The number of aliphatic hydroxyl groups excluding tert-OH is 1. The second-order valence-corrected chi connectivity index (χ2v) is 5.27. The normalized spacial score (nSPS) is 12.0. The van der Waals surface area contributed by atoms with Crippen molar-refractivity contribution in [2.75, 3.05) is 0 Å². The van der Waals surface area contributed by atoms with Crippen LogP contribution in [0.5, 0.6) is 0 Å². The van der Waals surface area contributed by atoms with Crippen LogP contribution in [0.2, 0.25) is 0 Å². The van der Waals surface area contributed by atoms with Crippen LogP contribution < -0.4 is 0 Å². The monoisotopic (exact) mass is 288 g/mol. The zero-order chi connectivity index (χ0) is 15.5. The highest BCUT2D eigenvalue weighted by molar-refractivity contribution is 5.83. The van der Waals surface area contributed by atoms with E-state index in [4.69, 9.17) is 6.42 Å². The molecule has 0 radical (unpaired) electrons. The highest BCUT2D eigenvalue weighted by atomic mass is 16.3. The predicted molar refractivity (Wildman–Crippen MR) is 88.3 cm³/mol. The van der Waals surface area contributed by atoms with Gasteiger partial charge in [-0.15, -0.1) is 6.42 Å². The van der Waals surface area contributed by atoms with E-state index in [-0.39, 0.29) is 0 Å². The molecule has 2 aromatic carbocycles. The second-order valence-electron chi connectivity index (χ2n) is 5.27. The highest BCUT2D eigenvalue weighted by Crippen LogP contribution is 2.24. The maximum Gasteiger partial charge on any atom is 0.125 e. The average Bonchev–Trinajstić information content (AvgIpc) is 2.55. The first-order chi connectivity index (χ1) is 10.7. The molecular weight excluding hydrogens is 272 g/mol. The Morgan fingerprint density at radius 3 is 2.59 bits per heavy atom. The molecule has 0 bridgehead atoms. The number of hydrogen-bond acceptors (Lipinski definition) is 3. The number of fused-ring (bicyclic) bond motifs is 1. The van der Waals surface area contributed by atoms with E-state index in [1.54, 1.807) is 0 Å². The molecule has 0 saturated carbocycles. The third kappa shape index (κ3) is 2.98. The summed E-state index contributed by atoms with van der Waals surface area (Å²) in [5.74, 6) is 3.10. The van der Waals surface area contributed by atoms with Gasteiger partial charge in [-0.1, -0.05) is 36.3 Å². The van der Waals surface area contributed by atoms with Gasteiger partial charge >= 0.3 is 0 Å². The van der Waals surface area contributed by atoms with E-state index in [1.807, 2.05) is 43.5 Å². The molecule has 0 aliphatic rings. The lowest BCUT2D eigenvalue weighted by atomic mass is 10.0. The van der Waals surface area contributed by atoms with Crippen molar-refractivity contribution in [2.45, 2.75) is 19.4 Å². The van der Waals surface area contributed by atoms with Crippen LogP contribution >= 0.6 is 0 Å². The molecule has 1 N–H and O–H groups in total. The Hall–Kier alpha value is -2.70. The van der Waals surface area contributed by atoms with Crippen molar-refractivity contribution >= 4 is 10.9 Å². The van der Waals surface area contributed by atoms with Gasteiger partial charge < -0.3 is 5.11 Å². The average molecular weight is 288 g/mol. The molecule has 3 heteroatoms. The van der Waals surface area contributed by atoms with Gasteiger partial charge in [-0.2, -0.15) is 0 Å². The Morgan fingerprint density at radius 2 is 1.86 bits per heavy atom. The number of terminal acetylenes is 1. The standard InChI is InChI=1S/C19H16N2O/c1-3-18(22)10-14-4-6-15(7-5-14)16-8-9-19-17(11-16)12-20-13(2)21-19/h1,4-9,11-12,18,22H,10H2,2H3. The zero-order valence-corrected chi connectivity index (χ0v) is 12.3. The number of nitrogens with zero attached hydrogens (tertiary/aromatic N) is 2. The Bertz CT molecular complexity index is 847. The summed E-state index contributed by atoms with van der Waals surface area (Å²) in [5, 5.41) is 10.5. The largest absolute Gasteiger partial charge is 0.380 e. The van der Waals surface area contributed by atoms with Crippen molar-refractivity contribution in [3.8, 4) is 23.5 Å². The van der Waals surface area contributed by atoms with Gasteiger partial charge in [-0.3, -0.25) is 0 Å². The number of aliphatic hydroxyl groups is 1. The van der Waals surface area contributed by atoms with Crippen molar-refractivity contribution in [3.63, 3.8) is 0 Å². The van der Waals surface area contributed by atoms with Gasteiger partial charge in [-0.25, -0.2) is 9.97 Å². The van der Waals surface area contributed by atoms with Gasteiger partial charge in [-0.05, 0) is 35.7 Å². The molecule has 3 aromatic rings. The minimum Gasteiger partial charge on any atom is -0.380 e. The molecule has 0 aliphatic heterocycles.